The minimum absolute atomic E-state index is 0.446. The Balaban J connectivity index is 2.23. The Morgan fingerprint density at radius 1 is 1.30 bits per heavy atom. The molecule has 7 heteroatoms. The van der Waals surface area contributed by atoms with Crippen LogP contribution in [0.1, 0.15) is 13.3 Å². The van der Waals surface area contributed by atoms with Crippen LogP contribution in [0, 0.1) is 0 Å². The Morgan fingerprint density at radius 3 is 2.80 bits per heavy atom. The largest absolute Gasteiger partial charge is 0.437 e. The Morgan fingerprint density at radius 2 is 2.10 bits per heavy atom. The van der Waals surface area contributed by atoms with Crippen LogP contribution in [0.3, 0.4) is 0 Å². The fraction of sp³-hybridized carbons (Fsp3) is 0.231. The molecule has 2 aromatic rings. The van der Waals surface area contributed by atoms with Gasteiger partial charge in [0.15, 0.2) is 0 Å². The van der Waals surface area contributed by atoms with E-state index in [1.807, 2.05) is 0 Å². The molecule has 0 radical (unpaired) electrons. The van der Waals surface area contributed by atoms with Gasteiger partial charge in [0, 0.05) is 11.6 Å². The van der Waals surface area contributed by atoms with Crippen molar-refractivity contribution in [3.8, 4) is 11.6 Å². The van der Waals surface area contributed by atoms with Crippen LogP contribution in [0.25, 0.3) is 0 Å². The second kappa shape index (κ2) is 7.24. The van der Waals surface area contributed by atoms with Gasteiger partial charge in [-0.15, -0.1) is 0 Å². The zero-order chi connectivity index (χ0) is 14.5. The van der Waals surface area contributed by atoms with E-state index in [0.29, 0.717) is 27.1 Å². The molecular weight excluding hydrogens is 409 g/mol. The standard InChI is InChI=1S/C13H12Br2ClN3O/c1-2-5-17-13-18-7-10(15)12(19-13)20-11-4-3-8(16)6-9(11)14/h3-4,6-7H,2,5H2,1H3,(H,17,18,19). The maximum Gasteiger partial charge on any atom is 0.238 e. The lowest BCUT2D eigenvalue weighted by atomic mass is 10.3. The average Bonchev–Trinajstić information content (AvgIpc) is 2.42. The fourth-order valence-electron chi connectivity index (χ4n) is 1.41. The van der Waals surface area contributed by atoms with Gasteiger partial charge in [-0.3, -0.25) is 0 Å². The first-order chi connectivity index (χ1) is 9.60. The molecule has 1 aromatic heterocycles. The summed E-state index contributed by atoms with van der Waals surface area (Å²) in [5, 5.41) is 3.75. The monoisotopic (exact) mass is 419 g/mol. The van der Waals surface area contributed by atoms with E-state index in [1.54, 1.807) is 24.4 Å². The highest BCUT2D eigenvalue weighted by molar-refractivity contribution is 9.11. The summed E-state index contributed by atoms with van der Waals surface area (Å²) in [6.45, 7) is 2.89. The van der Waals surface area contributed by atoms with Crippen molar-refractivity contribution in [3.05, 3.63) is 38.4 Å². The maximum absolute atomic E-state index is 5.90. The van der Waals surface area contributed by atoms with Crippen molar-refractivity contribution >= 4 is 49.4 Å². The quantitative estimate of drug-likeness (QED) is 0.715. The summed E-state index contributed by atoms with van der Waals surface area (Å²) >= 11 is 12.7. The molecule has 4 nitrogen and oxygen atoms in total. The van der Waals surface area contributed by atoms with E-state index in [9.17, 15) is 0 Å². The first-order valence-electron chi connectivity index (χ1n) is 5.99. The number of rotatable bonds is 5. The number of anilines is 1. The maximum atomic E-state index is 5.90. The minimum Gasteiger partial charge on any atom is -0.437 e. The number of nitrogens with one attached hydrogen (secondary N) is 1. The Bertz CT molecular complexity index is 610. The Labute approximate surface area is 139 Å². The van der Waals surface area contributed by atoms with E-state index in [1.165, 1.54) is 0 Å². The third kappa shape index (κ3) is 4.07. The molecule has 2 rings (SSSR count). The summed E-state index contributed by atoms with van der Waals surface area (Å²) in [4.78, 5) is 8.50. The molecule has 0 aliphatic rings. The molecule has 0 unspecified atom stereocenters. The summed E-state index contributed by atoms with van der Waals surface area (Å²) in [5.74, 6) is 1.62. The number of aromatic nitrogens is 2. The van der Waals surface area contributed by atoms with Gasteiger partial charge in [0.05, 0.1) is 15.1 Å². The van der Waals surface area contributed by atoms with Gasteiger partial charge in [-0.05, 0) is 56.5 Å². The normalized spacial score (nSPS) is 10.4. The van der Waals surface area contributed by atoms with Crippen LogP contribution in [0.5, 0.6) is 11.6 Å². The Kier molecular flexibility index (Phi) is 5.63. The van der Waals surface area contributed by atoms with Crippen LogP contribution in [0.4, 0.5) is 5.95 Å². The number of hydrogen-bond donors (Lipinski definition) is 1. The second-order valence-corrected chi connectivity index (χ2v) is 6.10. The predicted octanol–water partition coefficient (Wildman–Crippen LogP) is 5.27. The van der Waals surface area contributed by atoms with Crippen molar-refractivity contribution in [1.82, 2.24) is 9.97 Å². The molecule has 0 atom stereocenters. The van der Waals surface area contributed by atoms with Crippen molar-refractivity contribution in [2.45, 2.75) is 13.3 Å². The van der Waals surface area contributed by atoms with Crippen LogP contribution in [-0.4, -0.2) is 16.5 Å². The van der Waals surface area contributed by atoms with Crippen LogP contribution >= 0.6 is 43.5 Å². The van der Waals surface area contributed by atoms with Crippen molar-refractivity contribution in [2.75, 3.05) is 11.9 Å². The van der Waals surface area contributed by atoms with Crippen molar-refractivity contribution in [2.24, 2.45) is 0 Å². The number of nitrogens with zero attached hydrogens (tertiary/aromatic N) is 2. The van der Waals surface area contributed by atoms with Crippen LogP contribution in [-0.2, 0) is 0 Å². The van der Waals surface area contributed by atoms with Gasteiger partial charge in [-0.25, -0.2) is 4.98 Å². The summed E-state index contributed by atoms with van der Waals surface area (Å²) in [6, 6.07) is 5.30. The lowest BCUT2D eigenvalue weighted by Gasteiger charge is -2.10. The summed E-state index contributed by atoms with van der Waals surface area (Å²) in [6.07, 6.45) is 2.66. The zero-order valence-corrected chi connectivity index (χ0v) is 14.6. The average molecular weight is 422 g/mol. The highest BCUT2D eigenvalue weighted by Crippen LogP contribution is 2.34. The highest BCUT2D eigenvalue weighted by atomic mass is 79.9. The summed E-state index contributed by atoms with van der Waals surface area (Å²) < 4.78 is 7.22. The van der Waals surface area contributed by atoms with Gasteiger partial charge in [-0.2, -0.15) is 4.98 Å². The van der Waals surface area contributed by atoms with Gasteiger partial charge in [0.1, 0.15) is 5.75 Å². The van der Waals surface area contributed by atoms with Gasteiger partial charge in [0.2, 0.25) is 11.8 Å². The first kappa shape index (κ1) is 15.5. The van der Waals surface area contributed by atoms with Crippen molar-refractivity contribution < 1.29 is 4.74 Å². The van der Waals surface area contributed by atoms with E-state index >= 15 is 0 Å². The Hall–Kier alpha value is -0.850. The van der Waals surface area contributed by atoms with E-state index in [-0.39, 0.29) is 0 Å². The van der Waals surface area contributed by atoms with E-state index in [0.717, 1.165) is 17.4 Å². The van der Waals surface area contributed by atoms with Crippen molar-refractivity contribution in [3.63, 3.8) is 0 Å². The molecule has 106 valence electrons. The molecule has 0 amide bonds. The number of hydrogen-bond acceptors (Lipinski definition) is 4. The van der Waals surface area contributed by atoms with E-state index in [2.05, 4.69) is 54.1 Å². The molecule has 1 aromatic carbocycles. The SMILES string of the molecule is CCCNc1ncc(Br)c(Oc2ccc(Cl)cc2Br)n1. The van der Waals surface area contributed by atoms with Gasteiger partial charge >= 0.3 is 0 Å². The third-order valence-corrected chi connectivity index (χ3v) is 3.74. The lowest BCUT2D eigenvalue weighted by molar-refractivity contribution is 0.456. The molecule has 0 aliphatic heterocycles. The van der Waals surface area contributed by atoms with E-state index < -0.39 is 0 Å². The topological polar surface area (TPSA) is 47.0 Å². The molecular formula is C13H12Br2ClN3O. The number of benzene rings is 1. The number of halogens is 3. The van der Waals surface area contributed by atoms with Crippen molar-refractivity contribution in [1.29, 1.82) is 0 Å². The van der Waals surface area contributed by atoms with Crippen LogP contribution in [0.15, 0.2) is 33.3 Å². The third-order valence-electron chi connectivity index (χ3n) is 2.35. The molecule has 20 heavy (non-hydrogen) atoms. The molecule has 0 bridgehead atoms. The second-order valence-electron chi connectivity index (χ2n) is 3.95. The van der Waals surface area contributed by atoms with Gasteiger partial charge in [0.25, 0.3) is 0 Å². The molecule has 1 N–H and O–H groups in total. The summed E-state index contributed by atoms with van der Waals surface area (Å²) in [7, 11) is 0. The number of ether oxygens (including phenoxy) is 1. The predicted molar refractivity (Wildman–Crippen MR) is 87.7 cm³/mol. The molecule has 0 saturated carbocycles. The van der Waals surface area contributed by atoms with Crippen LogP contribution in [0.2, 0.25) is 5.02 Å². The fourth-order valence-corrected chi connectivity index (χ4v) is 2.44. The minimum atomic E-state index is 0.446. The molecule has 0 saturated heterocycles. The van der Waals surface area contributed by atoms with E-state index in [4.69, 9.17) is 16.3 Å². The zero-order valence-electron chi connectivity index (χ0n) is 10.7. The van der Waals surface area contributed by atoms with Gasteiger partial charge in [-0.1, -0.05) is 18.5 Å². The highest BCUT2D eigenvalue weighted by Gasteiger charge is 2.10. The molecule has 0 aliphatic carbocycles. The summed E-state index contributed by atoms with van der Waals surface area (Å²) in [5.41, 5.74) is 0. The molecule has 1 heterocycles. The molecule has 0 fully saturated rings. The van der Waals surface area contributed by atoms with Crippen LogP contribution < -0.4 is 10.1 Å². The lowest BCUT2D eigenvalue weighted by Crippen LogP contribution is -2.05. The first-order valence-corrected chi connectivity index (χ1v) is 7.96. The smallest absolute Gasteiger partial charge is 0.238 e. The molecule has 0 spiro atoms. The van der Waals surface area contributed by atoms with Gasteiger partial charge < -0.3 is 10.1 Å².